The van der Waals surface area contributed by atoms with Crippen molar-refractivity contribution in [3.8, 4) is 0 Å². The van der Waals surface area contributed by atoms with Gasteiger partial charge in [0, 0.05) is 16.1 Å². The topological polar surface area (TPSA) is 29.1 Å². The third kappa shape index (κ3) is 2.25. The summed E-state index contributed by atoms with van der Waals surface area (Å²) >= 11 is 1.35. The highest BCUT2D eigenvalue weighted by Crippen LogP contribution is 2.32. The number of aryl methyl sites for hydroxylation is 1. The lowest BCUT2D eigenvalue weighted by molar-refractivity contribution is 0.0943. The summed E-state index contributed by atoms with van der Waals surface area (Å²) in [5.41, 5.74) is 0.730. The second-order valence-corrected chi connectivity index (χ2v) is 5.50. The van der Waals surface area contributed by atoms with Crippen LogP contribution in [0.2, 0.25) is 0 Å². The number of hydrogen-bond donors (Lipinski definition) is 1. The van der Waals surface area contributed by atoms with E-state index in [0.29, 0.717) is 10.3 Å². The lowest BCUT2D eigenvalue weighted by Gasteiger charge is -2.10. The summed E-state index contributed by atoms with van der Waals surface area (Å²) in [4.78, 5) is 12.7. The Morgan fingerprint density at radius 3 is 2.83 bits per heavy atom. The molecule has 0 spiro atoms. The van der Waals surface area contributed by atoms with E-state index in [4.69, 9.17) is 0 Å². The van der Waals surface area contributed by atoms with Gasteiger partial charge in [-0.15, -0.1) is 11.3 Å². The molecule has 1 aromatic heterocycles. The molecule has 0 saturated heterocycles. The molecule has 0 radical (unpaired) electrons. The number of fused-ring (bicyclic) bond motifs is 1. The van der Waals surface area contributed by atoms with Gasteiger partial charge >= 0.3 is 0 Å². The average molecular weight is 265 g/mol. The number of nitrogens with one attached hydrogen (secondary N) is 1. The van der Waals surface area contributed by atoms with E-state index in [-0.39, 0.29) is 17.8 Å². The predicted octanol–water partition coefficient (Wildman–Crippen LogP) is 3.88. The molecular formula is C14H16FNOS. The van der Waals surface area contributed by atoms with Gasteiger partial charge in [0.1, 0.15) is 5.82 Å². The molecule has 18 heavy (non-hydrogen) atoms. The normalized spacial score (nSPS) is 12.7. The summed E-state index contributed by atoms with van der Waals surface area (Å²) in [6.07, 6.45) is 0.879. The van der Waals surface area contributed by atoms with Gasteiger partial charge in [0.2, 0.25) is 0 Å². The van der Waals surface area contributed by atoms with Crippen molar-refractivity contribution in [2.75, 3.05) is 0 Å². The van der Waals surface area contributed by atoms with Crippen molar-refractivity contribution in [1.29, 1.82) is 0 Å². The van der Waals surface area contributed by atoms with Gasteiger partial charge in [-0.25, -0.2) is 4.39 Å². The highest BCUT2D eigenvalue weighted by molar-refractivity contribution is 7.21. The van der Waals surface area contributed by atoms with Crippen LogP contribution >= 0.6 is 11.3 Å². The Bertz CT molecular complexity index is 591. The molecule has 1 unspecified atom stereocenters. The third-order valence-electron chi connectivity index (χ3n) is 3.10. The number of rotatable bonds is 3. The summed E-state index contributed by atoms with van der Waals surface area (Å²) in [6.45, 7) is 5.77. The number of halogens is 1. The van der Waals surface area contributed by atoms with Crippen LogP contribution < -0.4 is 5.32 Å². The van der Waals surface area contributed by atoms with Crippen LogP contribution in [0.3, 0.4) is 0 Å². The molecule has 1 heterocycles. The van der Waals surface area contributed by atoms with Crippen LogP contribution in [0.15, 0.2) is 18.2 Å². The Morgan fingerprint density at radius 2 is 2.22 bits per heavy atom. The smallest absolute Gasteiger partial charge is 0.261 e. The van der Waals surface area contributed by atoms with E-state index < -0.39 is 0 Å². The van der Waals surface area contributed by atoms with E-state index in [9.17, 15) is 9.18 Å². The zero-order valence-electron chi connectivity index (χ0n) is 10.7. The van der Waals surface area contributed by atoms with Gasteiger partial charge in [0.05, 0.1) is 4.88 Å². The number of amides is 1. The van der Waals surface area contributed by atoms with Crippen molar-refractivity contribution in [3.05, 3.63) is 34.5 Å². The molecular weight excluding hydrogens is 249 g/mol. The van der Waals surface area contributed by atoms with Crippen LogP contribution in [-0.4, -0.2) is 11.9 Å². The Labute approximate surface area is 110 Å². The summed E-state index contributed by atoms with van der Waals surface area (Å²) in [7, 11) is 0. The van der Waals surface area contributed by atoms with Crippen LogP contribution in [0.4, 0.5) is 4.39 Å². The molecule has 2 rings (SSSR count). The first kappa shape index (κ1) is 13.0. The Hall–Kier alpha value is -1.42. The van der Waals surface area contributed by atoms with E-state index >= 15 is 0 Å². The van der Waals surface area contributed by atoms with Gasteiger partial charge in [-0.1, -0.05) is 13.0 Å². The third-order valence-corrected chi connectivity index (χ3v) is 4.35. The average Bonchev–Trinajstić information content (AvgIpc) is 2.68. The van der Waals surface area contributed by atoms with Crippen molar-refractivity contribution < 1.29 is 9.18 Å². The molecule has 1 atom stereocenters. The van der Waals surface area contributed by atoms with Crippen LogP contribution in [0, 0.1) is 12.7 Å². The molecule has 4 heteroatoms. The molecule has 0 aliphatic carbocycles. The molecule has 2 nitrogen and oxygen atoms in total. The van der Waals surface area contributed by atoms with Gasteiger partial charge in [0.25, 0.3) is 5.91 Å². The minimum absolute atomic E-state index is 0.109. The molecule has 0 bridgehead atoms. The number of thiophene rings is 1. The predicted molar refractivity (Wildman–Crippen MR) is 73.7 cm³/mol. The number of benzene rings is 1. The number of carbonyl (C=O) groups is 1. The molecule has 0 fully saturated rings. The van der Waals surface area contributed by atoms with Gasteiger partial charge < -0.3 is 5.32 Å². The lowest BCUT2D eigenvalue weighted by atomic mass is 10.1. The van der Waals surface area contributed by atoms with Crippen LogP contribution in [-0.2, 0) is 0 Å². The lowest BCUT2D eigenvalue weighted by Crippen LogP contribution is -2.31. The summed E-state index contributed by atoms with van der Waals surface area (Å²) in [5.74, 6) is -0.369. The first-order valence-corrected chi connectivity index (χ1v) is 6.84. The first-order chi connectivity index (χ1) is 8.54. The van der Waals surface area contributed by atoms with Crippen molar-refractivity contribution in [2.45, 2.75) is 33.2 Å². The maximum atomic E-state index is 13.7. The molecule has 0 aliphatic rings. The molecule has 0 saturated carbocycles. The van der Waals surface area contributed by atoms with E-state index in [1.807, 2.05) is 19.9 Å². The molecule has 1 aromatic carbocycles. The van der Waals surface area contributed by atoms with Gasteiger partial charge in [-0.2, -0.15) is 0 Å². The minimum atomic E-state index is -0.260. The highest BCUT2D eigenvalue weighted by atomic mass is 32.1. The van der Waals surface area contributed by atoms with E-state index in [1.54, 1.807) is 13.0 Å². The van der Waals surface area contributed by atoms with Crippen molar-refractivity contribution in [1.82, 2.24) is 5.32 Å². The summed E-state index contributed by atoms with van der Waals surface area (Å²) in [6, 6.07) is 5.07. The zero-order valence-corrected chi connectivity index (χ0v) is 11.5. The summed E-state index contributed by atoms with van der Waals surface area (Å²) in [5, 5.41) is 3.48. The van der Waals surface area contributed by atoms with E-state index in [0.717, 1.165) is 16.7 Å². The fourth-order valence-electron chi connectivity index (χ4n) is 1.86. The van der Waals surface area contributed by atoms with Crippen LogP contribution in [0.25, 0.3) is 10.1 Å². The Balaban J connectivity index is 2.43. The van der Waals surface area contributed by atoms with Crippen LogP contribution in [0.5, 0.6) is 0 Å². The zero-order chi connectivity index (χ0) is 13.3. The van der Waals surface area contributed by atoms with Crippen molar-refractivity contribution in [2.24, 2.45) is 0 Å². The maximum Gasteiger partial charge on any atom is 0.261 e. The Morgan fingerprint density at radius 1 is 1.50 bits per heavy atom. The standard InChI is InChI=1S/C14H16FNOS/c1-4-8(2)16-14(17)13-9(3)12-10(15)6-5-7-11(12)18-13/h5-8H,4H2,1-3H3,(H,16,17). The molecule has 0 aliphatic heterocycles. The molecule has 1 amide bonds. The van der Waals surface area contributed by atoms with E-state index in [1.165, 1.54) is 17.4 Å². The monoisotopic (exact) mass is 265 g/mol. The van der Waals surface area contributed by atoms with Crippen LogP contribution in [0.1, 0.15) is 35.5 Å². The van der Waals surface area contributed by atoms with Gasteiger partial charge in [-0.3, -0.25) is 4.79 Å². The highest BCUT2D eigenvalue weighted by Gasteiger charge is 2.18. The molecule has 2 aromatic rings. The second-order valence-electron chi connectivity index (χ2n) is 4.45. The number of carbonyl (C=O) groups excluding carboxylic acids is 1. The SMILES string of the molecule is CCC(C)NC(=O)c1sc2cccc(F)c2c1C. The largest absolute Gasteiger partial charge is 0.349 e. The van der Waals surface area contributed by atoms with Crippen molar-refractivity contribution in [3.63, 3.8) is 0 Å². The van der Waals surface area contributed by atoms with E-state index in [2.05, 4.69) is 5.32 Å². The van der Waals surface area contributed by atoms with Crippen molar-refractivity contribution >= 4 is 27.3 Å². The molecule has 1 N–H and O–H groups in total. The minimum Gasteiger partial charge on any atom is -0.349 e. The first-order valence-electron chi connectivity index (χ1n) is 6.03. The van der Waals surface area contributed by atoms with Gasteiger partial charge in [-0.05, 0) is 38.0 Å². The molecule has 96 valence electrons. The number of hydrogen-bond acceptors (Lipinski definition) is 2. The second kappa shape index (κ2) is 5.06. The maximum absolute atomic E-state index is 13.7. The Kier molecular flexibility index (Phi) is 3.66. The fraction of sp³-hybridized carbons (Fsp3) is 0.357. The quantitative estimate of drug-likeness (QED) is 0.896. The summed E-state index contributed by atoms with van der Waals surface area (Å²) < 4.78 is 14.5. The van der Waals surface area contributed by atoms with Gasteiger partial charge in [0.15, 0.2) is 0 Å². The fourth-order valence-corrected chi connectivity index (χ4v) is 2.99.